The highest BCUT2D eigenvalue weighted by Gasteiger charge is 2.61. The van der Waals surface area contributed by atoms with Crippen molar-refractivity contribution in [2.24, 2.45) is 17.3 Å². The SMILES string of the molecule is C=C/C(C#N)=C/[C@@H]1[C@@H](C(=O)OC)C1(C)C. The zero-order valence-electron chi connectivity index (χ0n) is 9.28. The largest absolute Gasteiger partial charge is 0.469 e. The summed E-state index contributed by atoms with van der Waals surface area (Å²) in [5.74, 6) is -0.258. The maximum absolute atomic E-state index is 11.4. The predicted molar refractivity (Wildman–Crippen MR) is 56.7 cm³/mol. The van der Waals surface area contributed by atoms with E-state index in [0.29, 0.717) is 5.57 Å². The van der Waals surface area contributed by atoms with Gasteiger partial charge in [-0.25, -0.2) is 0 Å². The second-order valence-corrected chi connectivity index (χ2v) is 4.29. The summed E-state index contributed by atoms with van der Waals surface area (Å²) in [5.41, 5.74) is 0.401. The van der Waals surface area contributed by atoms with Crippen LogP contribution in [0.3, 0.4) is 0 Å². The second kappa shape index (κ2) is 3.90. The Hall–Kier alpha value is -1.56. The van der Waals surface area contributed by atoms with Crippen molar-refractivity contribution in [3.8, 4) is 6.07 Å². The van der Waals surface area contributed by atoms with Gasteiger partial charge in [-0.05, 0) is 11.3 Å². The molecular formula is C12H15NO2. The quantitative estimate of drug-likeness (QED) is 0.402. The van der Waals surface area contributed by atoms with Gasteiger partial charge in [-0.1, -0.05) is 32.6 Å². The lowest BCUT2D eigenvalue weighted by Gasteiger charge is -1.99. The van der Waals surface area contributed by atoms with Crippen LogP contribution in [0.15, 0.2) is 24.3 Å². The Bertz CT molecular complexity index is 360. The van der Waals surface area contributed by atoms with Gasteiger partial charge >= 0.3 is 5.97 Å². The van der Waals surface area contributed by atoms with Gasteiger partial charge in [-0.3, -0.25) is 4.79 Å². The fraction of sp³-hybridized carbons (Fsp3) is 0.500. The van der Waals surface area contributed by atoms with E-state index in [9.17, 15) is 4.79 Å². The predicted octanol–water partition coefficient (Wildman–Crippen LogP) is 2.07. The Balaban J connectivity index is 2.84. The van der Waals surface area contributed by atoms with Crippen molar-refractivity contribution in [2.75, 3.05) is 7.11 Å². The molecule has 0 spiro atoms. The molecule has 0 N–H and O–H groups in total. The van der Waals surface area contributed by atoms with E-state index in [1.54, 1.807) is 6.08 Å². The first-order valence-corrected chi connectivity index (χ1v) is 4.81. The van der Waals surface area contributed by atoms with Crippen LogP contribution in [0.2, 0.25) is 0 Å². The number of nitrogens with zero attached hydrogens (tertiary/aromatic N) is 1. The van der Waals surface area contributed by atoms with Crippen LogP contribution in [-0.2, 0) is 9.53 Å². The molecular weight excluding hydrogens is 190 g/mol. The van der Waals surface area contributed by atoms with Crippen LogP contribution in [0.5, 0.6) is 0 Å². The smallest absolute Gasteiger partial charge is 0.309 e. The third kappa shape index (κ3) is 1.94. The summed E-state index contributed by atoms with van der Waals surface area (Å²) in [4.78, 5) is 11.4. The minimum atomic E-state index is -0.206. The number of ether oxygens (including phenoxy) is 1. The zero-order valence-corrected chi connectivity index (χ0v) is 9.28. The van der Waals surface area contributed by atoms with E-state index in [0.717, 1.165) is 0 Å². The Morgan fingerprint density at radius 1 is 1.60 bits per heavy atom. The second-order valence-electron chi connectivity index (χ2n) is 4.29. The van der Waals surface area contributed by atoms with Gasteiger partial charge in [0.15, 0.2) is 0 Å². The molecule has 0 aromatic carbocycles. The van der Waals surface area contributed by atoms with Crippen molar-refractivity contribution in [3.63, 3.8) is 0 Å². The van der Waals surface area contributed by atoms with Gasteiger partial charge in [0.1, 0.15) is 0 Å². The molecule has 0 heterocycles. The summed E-state index contributed by atoms with van der Waals surface area (Å²) >= 11 is 0. The third-order valence-corrected chi connectivity index (χ3v) is 3.07. The highest BCUT2D eigenvalue weighted by atomic mass is 16.5. The number of rotatable bonds is 3. The molecule has 3 heteroatoms. The van der Waals surface area contributed by atoms with Crippen molar-refractivity contribution in [3.05, 3.63) is 24.3 Å². The number of hydrogen-bond donors (Lipinski definition) is 0. The van der Waals surface area contributed by atoms with Gasteiger partial charge in [0, 0.05) is 5.57 Å². The number of allylic oxidation sites excluding steroid dienone is 3. The molecule has 0 aliphatic heterocycles. The van der Waals surface area contributed by atoms with Crippen LogP contribution < -0.4 is 0 Å². The van der Waals surface area contributed by atoms with E-state index < -0.39 is 0 Å². The summed E-state index contributed by atoms with van der Waals surface area (Å²) in [5, 5.41) is 8.75. The average Bonchev–Trinajstić information content (AvgIpc) is 2.75. The van der Waals surface area contributed by atoms with Crippen molar-refractivity contribution in [2.45, 2.75) is 13.8 Å². The third-order valence-electron chi connectivity index (χ3n) is 3.07. The highest BCUT2D eigenvalue weighted by molar-refractivity contribution is 5.78. The summed E-state index contributed by atoms with van der Waals surface area (Å²) in [7, 11) is 1.39. The maximum Gasteiger partial charge on any atom is 0.309 e. The molecule has 1 saturated carbocycles. The Morgan fingerprint density at radius 3 is 2.60 bits per heavy atom. The van der Waals surface area contributed by atoms with Gasteiger partial charge in [0.25, 0.3) is 0 Å². The molecule has 1 rings (SSSR count). The summed E-state index contributed by atoms with van der Waals surface area (Å²) in [6, 6.07) is 2.03. The molecule has 1 aliphatic rings. The fourth-order valence-electron chi connectivity index (χ4n) is 1.91. The van der Waals surface area contributed by atoms with Crippen LogP contribution in [0.1, 0.15) is 13.8 Å². The fourth-order valence-corrected chi connectivity index (χ4v) is 1.91. The summed E-state index contributed by atoms with van der Waals surface area (Å²) in [6.07, 6.45) is 3.30. The monoisotopic (exact) mass is 205 g/mol. The molecule has 1 fully saturated rings. The molecule has 3 nitrogen and oxygen atoms in total. The zero-order chi connectivity index (χ0) is 11.6. The van der Waals surface area contributed by atoms with Crippen LogP contribution in [0.25, 0.3) is 0 Å². The van der Waals surface area contributed by atoms with Crippen LogP contribution >= 0.6 is 0 Å². The first-order chi connectivity index (χ1) is 6.98. The van der Waals surface area contributed by atoms with Crippen molar-refractivity contribution < 1.29 is 9.53 Å². The number of nitriles is 1. The molecule has 0 radical (unpaired) electrons. The molecule has 0 saturated heterocycles. The first kappa shape index (κ1) is 11.5. The van der Waals surface area contributed by atoms with Crippen LogP contribution in [0.4, 0.5) is 0 Å². The number of carbonyl (C=O) groups is 1. The molecule has 2 atom stereocenters. The average molecular weight is 205 g/mol. The lowest BCUT2D eigenvalue weighted by atomic mass is 10.1. The highest BCUT2D eigenvalue weighted by Crippen LogP contribution is 2.59. The molecule has 0 aromatic heterocycles. The van der Waals surface area contributed by atoms with Crippen molar-refractivity contribution in [1.82, 2.24) is 0 Å². The maximum atomic E-state index is 11.4. The lowest BCUT2D eigenvalue weighted by Crippen LogP contribution is -2.07. The molecule has 0 bridgehead atoms. The van der Waals surface area contributed by atoms with Crippen molar-refractivity contribution >= 4 is 5.97 Å². The van der Waals surface area contributed by atoms with Gasteiger partial charge < -0.3 is 4.74 Å². The minimum Gasteiger partial charge on any atom is -0.469 e. The van der Waals surface area contributed by atoms with E-state index in [2.05, 4.69) is 6.58 Å². The first-order valence-electron chi connectivity index (χ1n) is 4.81. The topological polar surface area (TPSA) is 50.1 Å². The van der Waals surface area contributed by atoms with Crippen LogP contribution in [-0.4, -0.2) is 13.1 Å². The Labute approximate surface area is 90.0 Å². The number of carbonyl (C=O) groups excluding carboxylic acids is 1. The number of methoxy groups -OCH3 is 1. The minimum absolute atomic E-state index is 0.0811. The lowest BCUT2D eigenvalue weighted by molar-refractivity contribution is -0.143. The van der Waals surface area contributed by atoms with E-state index in [-0.39, 0.29) is 23.2 Å². The molecule has 0 aromatic rings. The van der Waals surface area contributed by atoms with Crippen LogP contribution in [0, 0.1) is 28.6 Å². The van der Waals surface area contributed by atoms with E-state index in [4.69, 9.17) is 10.00 Å². The van der Waals surface area contributed by atoms with Gasteiger partial charge in [-0.15, -0.1) is 0 Å². The molecule has 1 aliphatic carbocycles. The van der Waals surface area contributed by atoms with Gasteiger partial charge in [0.05, 0.1) is 19.1 Å². The van der Waals surface area contributed by atoms with Crippen molar-refractivity contribution in [1.29, 1.82) is 5.26 Å². The summed E-state index contributed by atoms with van der Waals surface area (Å²) < 4.78 is 4.71. The molecule has 0 amide bonds. The number of esters is 1. The van der Waals surface area contributed by atoms with Gasteiger partial charge in [-0.2, -0.15) is 5.26 Å². The molecule has 80 valence electrons. The van der Waals surface area contributed by atoms with Gasteiger partial charge in [0.2, 0.25) is 0 Å². The normalized spacial score (nSPS) is 27.7. The number of hydrogen-bond acceptors (Lipinski definition) is 3. The summed E-state index contributed by atoms with van der Waals surface area (Å²) in [6.45, 7) is 7.53. The Morgan fingerprint density at radius 2 is 2.20 bits per heavy atom. The standard InChI is InChI=1S/C12H15NO2/c1-5-8(7-13)6-9-10(11(14)15-4)12(9,2)3/h5-6,9-10H,1H2,2-4H3/b8-6-/t9-,10+/m1/s1. The van der Waals surface area contributed by atoms with E-state index >= 15 is 0 Å². The van der Waals surface area contributed by atoms with E-state index in [1.807, 2.05) is 19.9 Å². The molecule has 15 heavy (non-hydrogen) atoms. The Kier molecular flexibility index (Phi) is 2.99. The molecule has 0 unspecified atom stereocenters. The van der Waals surface area contributed by atoms with E-state index in [1.165, 1.54) is 13.2 Å².